The predicted molar refractivity (Wildman–Crippen MR) is 171 cm³/mol. The van der Waals surface area contributed by atoms with Gasteiger partial charge in [-0.2, -0.15) is 0 Å². The molecule has 0 unspecified atom stereocenters. The monoisotopic (exact) mass is 596 g/mol. The number of aromatic nitrogens is 1. The van der Waals surface area contributed by atoms with Crippen molar-refractivity contribution in [1.82, 2.24) is 9.88 Å². The van der Waals surface area contributed by atoms with Crippen molar-refractivity contribution in [2.24, 2.45) is 0 Å². The van der Waals surface area contributed by atoms with Crippen molar-refractivity contribution >= 4 is 11.9 Å². The van der Waals surface area contributed by atoms with E-state index in [9.17, 15) is 19.5 Å². The maximum absolute atomic E-state index is 13.9. The molecule has 230 valence electrons. The summed E-state index contributed by atoms with van der Waals surface area (Å²) in [6.45, 7) is 3.94. The standard InChI is InChI=1S/C36H40N2O6/c1-5-6-12-31(38-23-24(2)19-29(36(38)42)20-25-10-8-7-9-11-25)35(41)37-30(22-34(39)40)27-15-13-26(14-16-27)28-17-18-32(43-3)33(21-28)44-4/h7-11,13-19,21,23,30-31H,5-6,12,20,22H2,1-4H3,(H,37,41)(H,39,40)/t30-,31-/m0/s1. The van der Waals surface area contributed by atoms with Crippen LogP contribution in [0.2, 0.25) is 0 Å². The molecule has 3 aromatic carbocycles. The third-order valence-corrected chi connectivity index (χ3v) is 7.69. The maximum atomic E-state index is 13.9. The summed E-state index contributed by atoms with van der Waals surface area (Å²) in [6.07, 6.45) is 3.91. The number of hydrogen-bond donors (Lipinski definition) is 2. The Hall–Kier alpha value is -4.85. The molecular weight excluding hydrogens is 556 g/mol. The summed E-state index contributed by atoms with van der Waals surface area (Å²) in [5.41, 5.74) is 4.72. The highest BCUT2D eigenvalue weighted by atomic mass is 16.5. The van der Waals surface area contributed by atoms with E-state index in [4.69, 9.17) is 9.47 Å². The minimum Gasteiger partial charge on any atom is -0.493 e. The van der Waals surface area contributed by atoms with Crippen molar-refractivity contribution in [3.05, 3.63) is 118 Å². The lowest BCUT2D eigenvalue weighted by Crippen LogP contribution is -2.40. The Balaban J connectivity index is 1.63. The molecule has 0 aliphatic rings. The number of carbonyl (C=O) groups is 2. The second kappa shape index (κ2) is 15.0. The van der Waals surface area contributed by atoms with Gasteiger partial charge >= 0.3 is 5.97 Å². The maximum Gasteiger partial charge on any atom is 0.305 e. The Morgan fingerprint density at radius 1 is 0.909 bits per heavy atom. The minimum atomic E-state index is -1.04. The molecule has 44 heavy (non-hydrogen) atoms. The fourth-order valence-electron chi connectivity index (χ4n) is 5.40. The van der Waals surface area contributed by atoms with Crippen LogP contribution in [0.25, 0.3) is 11.1 Å². The first kappa shape index (κ1) is 32.1. The zero-order chi connectivity index (χ0) is 31.6. The summed E-state index contributed by atoms with van der Waals surface area (Å²) in [7, 11) is 3.15. The van der Waals surface area contributed by atoms with Gasteiger partial charge in [0.05, 0.1) is 26.7 Å². The zero-order valence-corrected chi connectivity index (χ0v) is 25.7. The van der Waals surface area contributed by atoms with Crippen molar-refractivity contribution in [1.29, 1.82) is 0 Å². The van der Waals surface area contributed by atoms with Gasteiger partial charge in [0.1, 0.15) is 6.04 Å². The van der Waals surface area contributed by atoms with Crippen LogP contribution in [0.5, 0.6) is 11.5 Å². The number of aryl methyl sites for hydroxylation is 1. The molecule has 8 nitrogen and oxygen atoms in total. The number of methoxy groups -OCH3 is 2. The van der Waals surface area contributed by atoms with Crippen LogP contribution in [0.1, 0.15) is 66.9 Å². The van der Waals surface area contributed by atoms with E-state index in [1.54, 1.807) is 20.4 Å². The average Bonchev–Trinajstić information content (AvgIpc) is 3.03. The molecule has 1 amide bonds. The van der Waals surface area contributed by atoms with Crippen LogP contribution in [-0.2, 0) is 16.0 Å². The van der Waals surface area contributed by atoms with E-state index >= 15 is 0 Å². The normalized spacial score (nSPS) is 12.3. The number of aliphatic carboxylic acids is 1. The Kier molecular flexibility index (Phi) is 11.0. The Morgan fingerprint density at radius 2 is 1.59 bits per heavy atom. The van der Waals surface area contributed by atoms with Crippen molar-refractivity contribution < 1.29 is 24.2 Å². The fourth-order valence-corrected chi connectivity index (χ4v) is 5.40. The molecule has 1 aromatic heterocycles. The number of unbranched alkanes of at least 4 members (excludes halogenated alkanes) is 1. The molecule has 0 aliphatic heterocycles. The van der Waals surface area contributed by atoms with E-state index in [0.29, 0.717) is 35.5 Å². The van der Waals surface area contributed by atoms with Crippen LogP contribution in [0.15, 0.2) is 89.9 Å². The van der Waals surface area contributed by atoms with E-state index in [1.165, 1.54) is 4.57 Å². The van der Waals surface area contributed by atoms with Crippen LogP contribution in [0.3, 0.4) is 0 Å². The SMILES string of the molecule is CCCC[C@@H](C(=O)N[C@@H](CC(=O)O)c1ccc(-c2ccc(OC)c(OC)c2)cc1)n1cc(C)cc(Cc2ccccc2)c1=O. The first-order valence-electron chi connectivity index (χ1n) is 14.8. The molecule has 2 N–H and O–H groups in total. The Labute approximate surface area is 258 Å². The van der Waals surface area contributed by atoms with E-state index in [0.717, 1.165) is 35.1 Å². The third-order valence-electron chi connectivity index (χ3n) is 7.69. The summed E-state index contributed by atoms with van der Waals surface area (Å²) in [5, 5.41) is 12.7. The van der Waals surface area contributed by atoms with E-state index in [-0.39, 0.29) is 17.9 Å². The lowest BCUT2D eigenvalue weighted by molar-refractivity contribution is -0.138. The number of carbonyl (C=O) groups excluding carboxylic acids is 1. The highest BCUT2D eigenvalue weighted by Gasteiger charge is 2.26. The van der Waals surface area contributed by atoms with Gasteiger partial charge in [0.15, 0.2) is 11.5 Å². The number of nitrogens with one attached hydrogen (secondary N) is 1. The van der Waals surface area contributed by atoms with Gasteiger partial charge in [0, 0.05) is 18.2 Å². The minimum absolute atomic E-state index is 0.218. The van der Waals surface area contributed by atoms with Crippen LogP contribution in [0.4, 0.5) is 0 Å². The number of rotatable bonds is 14. The lowest BCUT2D eigenvalue weighted by Gasteiger charge is -2.25. The average molecular weight is 597 g/mol. The number of amides is 1. The highest BCUT2D eigenvalue weighted by molar-refractivity contribution is 5.81. The molecule has 0 bridgehead atoms. The molecule has 8 heteroatoms. The molecular formula is C36H40N2O6. The van der Waals surface area contributed by atoms with E-state index < -0.39 is 18.1 Å². The number of hydrogen-bond acceptors (Lipinski definition) is 5. The van der Waals surface area contributed by atoms with Crippen molar-refractivity contribution in [2.45, 2.75) is 58.0 Å². The van der Waals surface area contributed by atoms with Crippen LogP contribution < -0.4 is 20.3 Å². The molecule has 0 saturated heterocycles. The van der Waals surface area contributed by atoms with Gasteiger partial charge in [0.2, 0.25) is 5.91 Å². The van der Waals surface area contributed by atoms with Gasteiger partial charge in [-0.25, -0.2) is 0 Å². The first-order chi connectivity index (χ1) is 21.2. The van der Waals surface area contributed by atoms with Gasteiger partial charge in [0.25, 0.3) is 5.56 Å². The van der Waals surface area contributed by atoms with Gasteiger partial charge < -0.3 is 24.5 Å². The third kappa shape index (κ3) is 7.95. The molecule has 0 radical (unpaired) electrons. The van der Waals surface area contributed by atoms with Crippen LogP contribution >= 0.6 is 0 Å². The summed E-state index contributed by atoms with van der Waals surface area (Å²) in [4.78, 5) is 39.5. The Bertz CT molecular complexity index is 1630. The molecule has 4 rings (SSSR count). The number of ether oxygens (including phenoxy) is 2. The molecule has 0 aliphatic carbocycles. The fraction of sp³-hybridized carbons (Fsp3) is 0.306. The molecule has 0 fully saturated rings. The smallest absolute Gasteiger partial charge is 0.305 e. The summed E-state index contributed by atoms with van der Waals surface area (Å²) in [5.74, 6) is -0.203. The van der Waals surface area contributed by atoms with Crippen LogP contribution in [-0.4, -0.2) is 35.8 Å². The second-order valence-electron chi connectivity index (χ2n) is 10.9. The summed E-state index contributed by atoms with van der Waals surface area (Å²) < 4.78 is 12.3. The van der Waals surface area contributed by atoms with E-state index in [1.807, 2.05) is 92.7 Å². The van der Waals surface area contributed by atoms with E-state index in [2.05, 4.69) is 5.32 Å². The molecule has 0 spiro atoms. The molecule has 2 atom stereocenters. The zero-order valence-electron chi connectivity index (χ0n) is 25.7. The molecule has 0 saturated carbocycles. The van der Waals surface area contributed by atoms with Gasteiger partial charge in [-0.3, -0.25) is 14.4 Å². The molecule has 4 aromatic rings. The van der Waals surface area contributed by atoms with Crippen molar-refractivity contribution in [2.75, 3.05) is 14.2 Å². The van der Waals surface area contributed by atoms with Crippen molar-refractivity contribution in [3.8, 4) is 22.6 Å². The lowest BCUT2D eigenvalue weighted by atomic mass is 9.98. The molecule has 1 heterocycles. The quantitative estimate of drug-likeness (QED) is 0.172. The van der Waals surface area contributed by atoms with Crippen molar-refractivity contribution in [3.63, 3.8) is 0 Å². The van der Waals surface area contributed by atoms with Gasteiger partial charge in [-0.1, -0.05) is 80.4 Å². The predicted octanol–water partition coefficient (Wildman–Crippen LogP) is 6.50. The Morgan fingerprint density at radius 3 is 2.23 bits per heavy atom. The topological polar surface area (TPSA) is 107 Å². The summed E-state index contributed by atoms with van der Waals surface area (Å²) in [6, 6.07) is 23.1. The summed E-state index contributed by atoms with van der Waals surface area (Å²) >= 11 is 0. The number of benzene rings is 3. The number of carboxylic acid groups (broad SMARTS) is 1. The number of pyridine rings is 1. The van der Waals surface area contributed by atoms with Crippen LogP contribution in [0, 0.1) is 6.92 Å². The highest BCUT2D eigenvalue weighted by Crippen LogP contribution is 2.33. The number of nitrogens with zero attached hydrogens (tertiary/aromatic N) is 1. The second-order valence-corrected chi connectivity index (χ2v) is 10.9. The largest absolute Gasteiger partial charge is 0.493 e. The van der Waals surface area contributed by atoms with Gasteiger partial charge in [-0.15, -0.1) is 0 Å². The number of carboxylic acids is 1. The first-order valence-corrected chi connectivity index (χ1v) is 14.8. The van der Waals surface area contributed by atoms with Gasteiger partial charge in [-0.05, 0) is 59.4 Å².